The summed E-state index contributed by atoms with van der Waals surface area (Å²) in [5, 5.41) is 0. The van der Waals surface area contributed by atoms with Crippen LogP contribution in [0.4, 0.5) is 22.0 Å². The fourth-order valence-electron chi connectivity index (χ4n) is 7.16. The Kier molecular flexibility index (Phi) is 20.5. The third-order valence-corrected chi connectivity index (χ3v) is 12.3. The van der Waals surface area contributed by atoms with Gasteiger partial charge in [-0.25, -0.2) is 9.59 Å². The molecule has 8 N–H and O–H groups in total. The van der Waals surface area contributed by atoms with Crippen LogP contribution in [0.5, 0.6) is 17.2 Å². The van der Waals surface area contributed by atoms with Gasteiger partial charge in [-0.15, -0.1) is 0 Å². The third-order valence-electron chi connectivity index (χ3n) is 10.8. The molecule has 5 unspecified atom stereocenters. The molecule has 16 heteroatoms. The lowest BCUT2D eigenvalue weighted by molar-refractivity contribution is -0.284. The zero-order valence-electron chi connectivity index (χ0n) is 33.7. The molecule has 3 rings (SSSR count). The van der Waals surface area contributed by atoms with Gasteiger partial charge in [0.2, 0.25) is 0 Å². The molecule has 0 saturated heterocycles. The van der Waals surface area contributed by atoms with E-state index in [2.05, 4.69) is 6.92 Å². The first-order valence-electron chi connectivity index (χ1n) is 20.5. The van der Waals surface area contributed by atoms with Crippen LogP contribution in [0.3, 0.4) is 0 Å². The van der Waals surface area contributed by atoms with Gasteiger partial charge in [-0.2, -0.15) is 22.0 Å². The maximum atomic E-state index is 13.1. The van der Waals surface area contributed by atoms with Gasteiger partial charge in [0.25, 0.3) is 0 Å². The molecule has 328 valence electrons. The monoisotopic (exact) mass is 846 g/mol. The molecule has 2 aromatic carbocycles. The number of alkyl halides is 5. The number of fused-ring (bicyclic) bond motifs is 1. The molecule has 0 spiro atoms. The van der Waals surface area contributed by atoms with Gasteiger partial charge in [-0.3, -0.25) is 4.21 Å². The second kappa shape index (κ2) is 24.2. The molecule has 0 amide bonds. The van der Waals surface area contributed by atoms with Crippen molar-refractivity contribution in [1.29, 1.82) is 0 Å². The quantitative estimate of drug-likeness (QED) is 0.0301. The minimum atomic E-state index is -5.59. The van der Waals surface area contributed by atoms with Crippen molar-refractivity contribution in [1.82, 2.24) is 0 Å². The minimum Gasteiger partial charge on any atom is -0.492 e. The summed E-state index contributed by atoms with van der Waals surface area (Å²) < 4.78 is 92.9. The molecule has 0 bridgehead atoms. The Labute approximate surface area is 342 Å². The van der Waals surface area contributed by atoms with Gasteiger partial charge in [-0.05, 0) is 87.4 Å². The highest BCUT2D eigenvalue weighted by Gasteiger charge is 2.56. The lowest BCUT2D eigenvalue weighted by Gasteiger charge is -2.43. The summed E-state index contributed by atoms with van der Waals surface area (Å²) in [6, 6.07) is 11.3. The molecule has 0 fully saturated rings. The van der Waals surface area contributed by atoms with Crippen molar-refractivity contribution in [3.63, 3.8) is 0 Å². The van der Waals surface area contributed by atoms with Crippen molar-refractivity contribution in [3.8, 4) is 17.2 Å². The molecule has 58 heavy (non-hydrogen) atoms. The highest BCUT2D eigenvalue weighted by molar-refractivity contribution is 7.84. The van der Waals surface area contributed by atoms with E-state index < -0.39 is 65.2 Å². The number of hydrogen-bond donors (Lipinski definition) is 4. The predicted molar refractivity (Wildman–Crippen MR) is 217 cm³/mol. The summed E-state index contributed by atoms with van der Waals surface area (Å²) in [6.45, 7) is 3.55. The summed E-state index contributed by atoms with van der Waals surface area (Å²) in [4.78, 5) is 25.3. The maximum Gasteiger partial charge on any atom is 0.453 e. The van der Waals surface area contributed by atoms with Gasteiger partial charge in [-0.1, -0.05) is 76.5 Å². The van der Waals surface area contributed by atoms with Gasteiger partial charge in [0.05, 0.1) is 6.61 Å². The third kappa shape index (κ3) is 15.4. The molecule has 0 aromatic heterocycles. The molecule has 5 atom stereocenters. The van der Waals surface area contributed by atoms with Crippen molar-refractivity contribution in [3.05, 3.63) is 53.6 Å². The van der Waals surface area contributed by atoms with Crippen molar-refractivity contribution in [2.24, 2.45) is 22.9 Å². The van der Waals surface area contributed by atoms with Crippen molar-refractivity contribution < 1.29 is 50.0 Å². The van der Waals surface area contributed by atoms with Gasteiger partial charge < -0.3 is 37.1 Å². The number of carbonyl (C=O) groups is 2. The fourth-order valence-corrected chi connectivity index (χ4v) is 8.35. The van der Waals surface area contributed by atoms with E-state index in [0.717, 1.165) is 81.8 Å². The lowest BCUT2D eigenvalue weighted by Crippen LogP contribution is -2.40. The van der Waals surface area contributed by atoms with E-state index in [1.54, 1.807) is 24.3 Å². The maximum absolute atomic E-state index is 13.1. The average molecular weight is 847 g/mol. The summed E-state index contributed by atoms with van der Waals surface area (Å²) >= 11 is 0. The fraction of sp³-hybridized carbons (Fsp3) is 0.667. The number of halogens is 5. The number of unbranched alkanes of at least 4 members (excludes halogenated alkanes) is 8. The van der Waals surface area contributed by atoms with Crippen LogP contribution in [0.25, 0.3) is 0 Å². The van der Waals surface area contributed by atoms with Crippen LogP contribution >= 0.6 is 0 Å². The average Bonchev–Trinajstić information content (AvgIpc) is 3.17. The van der Waals surface area contributed by atoms with E-state index in [4.69, 9.17) is 37.1 Å². The number of nitrogens with two attached hydrogens (primary N) is 4. The molecule has 0 radical (unpaired) electrons. The highest BCUT2D eigenvalue weighted by atomic mass is 32.2. The SMILES string of the molecule is CC1(c2ccc(OC(=O)C(N)CCCCN)cc2)COc2cc(OC(=O)C(N)CCCCN)ccc2C1CCCCCCCCCS(=O)CCCC(F)(F)C(F)(F)F. The Morgan fingerprint density at radius 2 is 1.28 bits per heavy atom. The molecule has 1 aliphatic rings. The Balaban J connectivity index is 1.60. The summed E-state index contributed by atoms with van der Waals surface area (Å²) in [7, 11) is -1.43. The summed E-state index contributed by atoms with van der Waals surface area (Å²) in [5.74, 6) is -4.27. The van der Waals surface area contributed by atoms with Crippen LogP contribution < -0.4 is 37.1 Å². The summed E-state index contributed by atoms with van der Waals surface area (Å²) in [6.07, 6.45) is 3.53. The van der Waals surface area contributed by atoms with E-state index in [0.29, 0.717) is 56.2 Å². The van der Waals surface area contributed by atoms with E-state index in [1.807, 2.05) is 18.2 Å². The number of esters is 2. The van der Waals surface area contributed by atoms with Gasteiger partial charge in [0, 0.05) is 46.1 Å². The van der Waals surface area contributed by atoms with Gasteiger partial charge in [0.15, 0.2) is 0 Å². The van der Waals surface area contributed by atoms with E-state index >= 15 is 0 Å². The highest BCUT2D eigenvalue weighted by Crippen LogP contribution is 2.50. The first-order valence-corrected chi connectivity index (χ1v) is 22.0. The Morgan fingerprint density at radius 3 is 1.84 bits per heavy atom. The molecule has 1 aliphatic heterocycles. The predicted octanol–water partition coefficient (Wildman–Crippen LogP) is 7.69. The standard InChI is InChI=1S/C42H63F5N4O6S/c1-40(30-17-19-31(20-18-30)56-38(52)35(50)15-8-10-24-48)29-55-37-28-32(57-39(53)36(51)16-9-11-25-49)21-22-33(37)34(40)14-7-5-3-2-4-6-12-26-58(54)27-13-23-41(43,44)42(45,46)47/h17-22,28,34-36H,2-16,23-27,29,48-51H2,1H3. The van der Waals surface area contributed by atoms with E-state index in [1.165, 1.54) is 0 Å². The Morgan fingerprint density at radius 1 is 0.759 bits per heavy atom. The molecule has 2 aromatic rings. The zero-order valence-corrected chi connectivity index (χ0v) is 34.5. The number of benzene rings is 2. The molecular formula is C42H63F5N4O6S. The number of carbonyl (C=O) groups excluding carboxylic acids is 2. The van der Waals surface area contributed by atoms with Gasteiger partial charge in [0.1, 0.15) is 29.3 Å². The number of hydrogen-bond acceptors (Lipinski definition) is 10. The van der Waals surface area contributed by atoms with Crippen molar-refractivity contribution in [2.75, 3.05) is 31.2 Å². The minimum absolute atomic E-state index is 0.0231. The van der Waals surface area contributed by atoms with E-state index in [-0.39, 0.29) is 17.4 Å². The zero-order chi connectivity index (χ0) is 42.8. The normalized spacial score (nSPS) is 18.5. The molecule has 0 aliphatic carbocycles. The second-order valence-electron chi connectivity index (χ2n) is 15.5. The smallest absolute Gasteiger partial charge is 0.453 e. The molecular weight excluding hydrogens is 784 g/mol. The lowest BCUT2D eigenvalue weighted by atomic mass is 9.66. The summed E-state index contributed by atoms with van der Waals surface area (Å²) in [5.41, 5.74) is 24.7. The van der Waals surface area contributed by atoms with Crippen molar-refractivity contribution >= 4 is 22.7 Å². The van der Waals surface area contributed by atoms with Crippen LogP contribution in [0.1, 0.15) is 127 Å². The topological polar surface area (TPSA) is 183 Å². The van der Waals surface area contributed by atoms with Crippen molar-refractivity contribution in [2.45, 2.75) is 145 Å². The second-order valence-corrected chi connectivity index (χ2v) is 17.2. The van der Waals surface area contributed by atoms with Gasteiger partial charge >= 0.3 is 24.0 Å². The van der Waals surface area contributed by atoms with Crippen LogP contribution in [-0.2, 0) is 25.8 Å². The van der Waals surface area contributed by atoms with Crippen LogP contribution in [0.15, 0.2) is 42.5 Å². The molecule has 0 saturated carbocycles. The first-order chi connectivity index (χ1) is 27.5. The van der Waals surface area contributed by atoms with Crippen LogP contribution in [0, 0.1) is 0 Å². The van der Waals surface area contributed by atoms with E-state index in [9.17, 15) is 35.8 Å². The largest absolute Gasteiger partial charge is 0.492 e. The Bertz CT molecular complexity index is 1580. The van der Waals surface area contributed by atoms with Crippen LogP contribution in [0.2, 0.25) is 0 Å². The molecule has 10 nitrogen and oxygen atoms in total. The Hall–Kier alpha value is -3.18. The van der Waals surface area contributed by atoms with Crippen LogP contribution in [-0.4, -0.2) is 71.5 Å². The molecule has 1 heterocycles. The first kappa shape index (κ1) is 49.2. The number of rotatable bonds is 27. The number of ether oxygens (including phenoxy) is 3.